The number of benzene rings is 2. The molecule has 2 aliphatic rings. The van der Waals surface area contributed by atoms with E-state index in [4.69, 9.17) is 21.3 Å². The lowest BCUT2D eigenvalue weighted by atomic mass is 9.91. The van der Waals surface area contributed by atoms with E-state index in [1.807, 2.05) is 24.3 Å². The number of amides is 1. The third-order valence-electron chi connectivity index (χ3n) is 5.75. The lowest BCUT2D eigenvalue weighted by Gasteiger charge is -2.39. The predicted molar refractivity (Wildman–Crippen MR) is 123 cm³/mol. The fourth-order valence-electron chi connectivity index (χ4n) is 4.12. The highest BCUT2D eigenvalue weighted by Crippen LogP contribution is 2.32. The number of nitrogens with zero attached hydrogens (tertiary/aromatic N) is 3. The monoisotopic (exact) mass is 454 g/mol. The quantitative estimate of drug-likeness (QED) is 0.555. The molecule has 32 heavy (non-hydrogen) atoms. The van der Waals surface area contributed by atoms with Crippen LogP contribution in [0.25, 0.3) is 0 Å². The third-order valence-corrected chi connectivity index (χ3v) is 5.98. The highest BCUT2D eigenvalue weighted by Gasteiger charge is 2.42. The Balaban J connectivity index is 1.51. The van der Waals surface area contributed by atoms with E-state index >= 15 is 0 Å². The molecule has 0 aliphatic carbocycles. The summed E-state index contributed by atoms with van der Waals surface area (Å²) in [5.41, 5.74) is 1.99. The summed E-state index contributed by atoms with van der Waals surface area (Å²) in [6.07, 6.45) is 0. The molecule has 0 aromatic heterocycles. The van der Waals surface area contributed by atoms with Crippen molar-refractivity contribution in [2.75, 3.05) is 32.8 Å². The zero-order chi connectivity index (χ0) is 22.5. The van der Waals surface area contributed by atoms with Crippen LogP contribution in [-0.4, -0.2) is 60.4 Å². The van der Waals surface area contributed by atoms with Gasteiger partial charge in [0.1, 0.15) is 6.04 Å². The molecule has 1 saturated heterocycles. The van der Waals surface area contributed by atoms with E-state index in [1.165, 1.54) is 5.56 Å². The van der Waals surface area contributed by atoms with Gasteiger partial charge in [0.15, 0.2) is 5.92 Å². The van der Waals surface area contributed by atoms with Crippen LogP contribution in [-0.2, 0) is 20.9 Å². The first-order valence-corrected chi connectivity index (χ1v) is 11.2. The molecule has 0 spiro atoms. The van der Waals surface area contributed by atoms with Crippen LogP contribution in [0.3, 0.4) is 0 Å². The first-order valence-electron chi connectivity index (χ1n) is 10.9. The van der Waals surface area contributed by atoms with Crippen molar-refractivity contribution in [1.29, 1.82) is 0 Å². The van der Waals surface area contributed by atoms with Crippen LogP contribution < -0.4 is 5.32 Å². The van der Waals surface area contributed by atoms with Crippen LogP contribution in [0.15, 0.2) is 59.6 Å². The number of nitrogens with one attached hydrogen (secondary N) is 1. The Morgan fingerprint density at radius 1 is 1.12 bits per heavy atom. The van der Waals surface area contributed by atoms with Gasteiger partial charge < -0.3 is 9.64 Å². The number of piperazine rings is 1. The Hall–Kier alpha value is -2.90. The molecule has 2 aromatic rings. The number of aliphatic imine (C=N–C) groups is 1. The van der Waals surface area contributed by atoms with Crippen molar-refractivity contribution < 1.29 is 14.3 Å². The van der Waals surface area contributed by atoms with Gasteiger partial charge in [-0.25, -0.2) is 4.99 Å². The minimum Gasteiger partial charge on any atom is -0.465 e. The topological polar surface area (TPSA) is 74.2 Å². The molecule has 2 atom stereocenters. The lowest BCUT2D eigenvalue weighted by molar-refractivity contribution is -0.153. The summed E-state index contributed by atoms with van der Waals surface area (Å²) in [6, 6.07) is 16.8. The number of ether oxygens (including phenoxy) is 1. The van der Waals surface area contributed by atoms with Gasteiger partial charge in [-0.1, -0.05) is 54.1 Å². The molecular formula is C24H27ClN4O3. The molecule has 0 unspecified atom stereocenters. The van der Waals surface area contributed by atoms with Crippen molar-refractivity contribution in [3.8, 4) is 0 Å². The summed E-state index contributed by atoms with van der Waals surface area (Å²) >= 11 is 6.18. The van der Waals surface area contributed by atoms with Crippen molar-refractivity contribution in [3.63, 3.8) is 0 Å². The molecule has 0 radical (unpaired) electrons. The van der Waals surface area contributed by atoms with Gasteiger partial charge in [-0.05, 0) is 30.2 Å². The number of hydrogen-bond donors (Lipinski definition) is 1. The fourth-order valence-corrected chi connectivity index (χ4v) is 4.31. The Morgan fingerprint density at radius 3 is 2.56 bits per heavy atom. The minimum atomic E-state index is -1.04. The molecule has 8 heteroatoms. The number of guanidine groups is 1. The number of hydrogen-bond acceptors (Lipinski definition) is 6. The van der Waals surface area contributed by atoms with E-state index in [2.05, 4.69) is 27.2 Å². The molecule has 0 bridgehead atoms. The summed E-state index contributed by atoms with van der Waals surface area (Å²) < 4.78 is 5.16. The van der Waals surface area contributed by atoms with Gasteiger partial charge in [0, 0.05) is 37.7 Å². The van der Waals surface area contributed by atoms with Crippen molar-refractivity contribution in [3.05, 3.63) is 70.7 Å². The third kappa shape index (κ3) is 5.11. The van der Waals surface area contributed by atoms with E-state index in [1.54, 1.807) is 25.1 Å². The van der Waals surface area contributed by atoms with E-state index in [-0.39, 0.29) is 6.61 Å². The van der Waals surface area contributed by atoms with Gasteiger partial charge in [-0.3, -0.25) is 19.8 Å². The maximum atomic E-state index is 13.0. The standard InChI is InChI=1S/C24H27ClN4O3/c1-2-32-23(31)20-21(18-9-6-10-19(25)15-18)26-24(27-22(20)30)29-13-11-28(12-14-29)16-17-7-4-3-5-8-17/h3-10,15,20-21H,2,11-14,16H2,1H3,(H,26,27,30)/t20-,21+/m1/s1. The second-order valence-corrected chi connectivity index (χ2v) is 8.36. The van der Waals surface area contributed by atoms with Gasteiger partial charge in [0.05, 0.1) is 6.61 Å². The molecule has 2 heterocycles. The van der Waals surface area contributed by atoms with Crippen LogP contribution in [0.2, 0.25) is 5.02 Å². The van der Waals surface area contributed by atoms with Gasteiger partial charge >= 0.3 is 5.97 Å². The highest BCUT2D eigenvalue weighted by atomic mass is 35.5. The normalized spacial score (nSPS) is 21.6. The van der Waals surface area contributed by atoms with Crippen molar-refractivity contribution in [1.82, 2.24) is 15.1 Å². The van der Waals surface area contributed by atoms with E-state index in [0.717, 1.165) is 32.7 Å². The van der Waals surface area contributed by atoms with Crippen LogP contribution >= 0.6 is 11.6 Å². The van der Waals surface area contributed by atoms with E-state index in [9.17, 15) is 9.59 Å². The summed E-state index contributed by atoms with van der Waals surface area (Å²) in [5.74, 6) is -1.52. The molecular weight excluding hydrogens is 428 g/mol. The van der Waals surface area contributed by atoms with Gasteiger partial charge in [0.2, 0.25) is 11.9 Å². The number of carbonyl (C=O) groups excluding carboxylic acids is 2. The summed E-state index contributed by atoms with van der Waals surface area (Å²) in [6.45, 7) is 5.99. The Kier molecular flexibility index (Phi) is 7.07. The lowest BCUT2D eigenvalue weighted by Crippen LogP contribution is -2.57. The van der Waals surface area contributed by atoms with Gasteiger partial charge in [0.25, 0.3) is 0 Å². The van der Waals surface area contributed by atoms with Gasteiger partial charge in [-0.15, -0.1) is 0 Å². The maximum Gasteiger partial charge on any atom is 0.321 e. The Bertz CT molecular complexity index is 990. The van der Waals surface area contributed by atoms with Crippen LogP contribution in [0.5, 0.6) is 0 Å². The summed E-state index contributed by atoms with van der Waals surface area (Å²) in [5, 5.41) is 3.37. The Labute approximate surface area is 193 Å². The number of carbonyl (C=O) groups is 2. The first kappa shape index (κ1) is 22.3. The van der Waals surface area contributed by atoms with Crippen LogP contribution in [0, 0.1) is 5.92 Å². The molecule has 7 nitrogen and oxygen atoms in total. The first-order chi connectivity index (χ1) is 15.5. The second-order valence-electron chi connectivity index (χ2n) is 7.92. The number of rotatable bonds is 5. The van der Waals surface area contributed by atoms with Crippen molar-refractivity contribution in [2.45, 2.75) is 19.5 Å². The zero-order valence-electron chi connectivity index (χ0n) is 18.0. The van der Waals surface area contributed by atoms with E-state index < -0.39 is 23.8 Å². The molecule has 1 N–H and O–H groups in total. The summed E-state index contributed by atoms with van der Waals surface area (Å²) in [4.78, 5) is 34.8. The largest absolute Gasteiger partial charge is 0.465 e. The van der Waals surface area contributed by atoms with E-state index in [0.29, 0.717) is 16.5 Å². The maximum absolute atomic E-state index is 13.0. The highest BCUT2D eigenvalue weighted by molar-refractivity contribution is 6.30. The molecule has 1 amide bonds. The van der Waals surface area contributed by atoms with Crippen molar-refractivity contribution in [2.24, 2.45) is 10.9 Å². The van der Waals surface area contributed by atoms with Crippen molar-refractivity contribution >= 4 is 29.4 Å². The average Bonchev–Trinajstić information content (AvgIpc) is 2.80. The zero-order valence-corrected chi connectivity index (χ0v) is 18.8. The fraction of sp³-hybridized carbons (Fsp3) is 0.375. The second kappa shape index (κ2) is 10.1. The molecule has 0 saturated carbocycles. The smallest absolute Gasteiger partial charge is 0.321 e. The number of halogens is 1. The molecule has 1 fully saturated rings. The Morgan fingerprint density at radius 2 is 1.88 bits per heavy atom. The molecule has 2 aliphatic heterocycles. The number of esters is 1. The predicted octanol–water partition coefficient (Wildman–Crippen LogP) is 2.86. The SMILES string of the molecule is CCOC(=O)[C@H]1C(=O)NC(N2CCN(Cc3ccccc3)CC2)=N[C@H]1c1cccc(Cl)c1. The average molecular weight is 455 g/mol. The molecule has 2 aromatic carbocycles. The van der Waals surface area contributed by atoms with Crippen LogP contribution in [0.4, 0.5) is 0 Å². The summed E-state index contributed by atoms with van der Waals surface area (Å²) in [7, 11) is 0. The minimum absolute atomic E-state index is 0.199. The molecule has 168 valence electrons. The van der Waals surface area contributed by atoms with Gasteiger partial charge in [-0.2, -0.15) is 0 Å². The molecule has 4 rings (SSSR count). The van der Waals surface area contributed by atoms with Crippen LogP contribution in [0.1, 0.15) is 24.1 Å².